The molecule has 1 N–H and O–H groups in total. The maximum absolute atomic E-state index is 13.1. The van der Waals surface area contributed by atoms with Crippen molar-refractivity contribution >= 4 is 49.7 Å². The summed E-state index contributed by atoms with van der Waals surface area (Å²) in [5.74, 6) is -0.254. The number of amides is 1. The summed E-state index contributed by atoms with van der Waals surface area (Å²) in [6.07, 6.45) is 1.24. The molecule has 1 aromatic heterocycles. The summed E-state index contributed by atoms with van der Waals surface area (Å²) in [4.78, 5) is 13.1. The Kier molecular flexibility index (Phi) is 7.37. The second-order valence-electron chi connectivity index (χ2n) is 7.07. The van der Waals surface area contributed by atoms with Crippen LogP contribution in [0.2, 0.25) is 5.02 Å². The minimum Gasteiger partial charge on any atom is -0.495 e. The largest absolute Gasteiger partial charge is 0.495 e. The zero-order valence-corrected chi connectivity index (χ0v) is 20.4. The molecule has 0 fully saturated rings. The summed E-state index contributed by atoms with van der Waals surface area (Å²) >= 11 is 7.31. The molecule has 1 heterocycles. The number of halogens is 1. The Bertz CT molecular complexity index is 1210. The molecule has 0 bridgehead atoms. The Labute approximate surface area is 196 Å². The highest BCUT2D eigenvalue weighted by molar-refractivity contribution is 7.92. The molecule has 2 aromatic carbocycles. The number of ether oxygens (including phenoxy) is 1. The number of rotatable bonds is 8. The van der Waals surface area contributed by atoms with Gasteiger partial charge >= 0.3 is 0 Å². The number of hydrogen-bond donors (Lipinski definition) is 1. The van der Waals surface area contributed by atoms with E-state index in [0.717, 1.165) is 21.7 Å². The molecular formula is C21H23ClN4O4S2. The first-order valence-corrected chi connectivity index (χ1v) is 12.7. The van der Waals surface area contributed by atoms with Crippen molar-refractivity contribution in [2.45, 2.75) is 26.3 Å². The molecular weight excluding hydrogens is 472 g/mol. The Morgan fingerprint density at radius 2 is 1.91 bits per heavy atom. The number of benzene rings is 2. The molecule has 0 aliphatic carbocycles. The van der Waals surface area contributed by atoms with Gasteiger partial charge in [0.15, 0.2) is 0 Å². The van der Waals surface area contributed by atoms with Gasteiger partial charge in [0.2, 0.25) is 21.1 Å². The van der Waals surface area contributed by atoms with Crippen molar-refractivity contribution in [1.82, 2.24) is 10.2 Å². The summed E-state index contributed by atoms with van der Waals surface area (Å²) in [7, 11) is -2.44. The highest BCUT2D eigenvalue weighted by Gasteiger charge is 2.34. The number of hydrogen-bond acceptors (Lipinski definition) is 7. The van der Waals surface area contributed by atoms with E-state index in [1.807, 2.05) is 31.2 Å². The minimum atomic E-state index is -3.86. The Hall–Kier alpha value is -2.69. The summed E-state index contributed by atoms with van der Waals surface area (Å²) < 4.78 is 31.8. The van der Waals surface area contributed by atoms with Gasteiger partial charge in [-0.05, 0) is 31.5 Å². The number of carbonyl (C=O) groups is 1. The quantitative estimate of drug-likeness (QED) is 0.499. The molecule has 8 nitrogen and oxygen atoms in total. The van der Waals surface area contributed by atoms with E-state index >= 15 is 0 Å². The SMILES string of the molecule is CCC(C(=O)Nc1nnc(-c2ccc(C)cc2)s1)N(c1cc(Cl)ccc1OC)S(C)(=O)=O. The van der Waals surface area contributed by atoms with Gasteiger partial charge in [0.05, 0.1) is 19.1 Å². The summed E-state index contributed by atoms with van der Waals surface area (Å²) in [6, 6.07) is 11.3. The molecule has 32 heavy (non-hydrogen) atoms. The van der Waals surface area contributed by atoms with Crippen LogP contribution >= 0.6 is 22.9 Å². The number of carbonyl (C=O) groups excluding carboxylic acids is 1. The number of aromatic nitrogens is 2. The fourth-order valence-corrected chi connectivity index (χ4v) is 5.27. The maximum Gasteiger partial charge on any atom is 0.250 e. The van der Waals surface area contributed by atoms with Crippen molar-refractivity contribution in [2.24, 2.45) is 0 Å². The number of aryl methyl sites for hydroxylation is 1. The van der Waals surface area contributed by atoms with E-state index in [2.05, 4.69) is 15.5 Å². The van der Waals surface area contributed by atoms with Gasteiger partial charge in [-0.1, -0.05) is 59.7 Å². The maximum atomic E-state index is 13.1. The third-order valence-corrected chi connectivity index (χ3v) is 6.95. The Morgan fingerprint density at radius 1 is 1.22 bits per heavy atom. The monoisotopic (exact) mass is 494 g/mol. The van der Waals surface area contributed by atoms with Crippen LogP contribution in [-0.2, 0) is 14.8 Å². The van der Waals surface area contributed by atoms with E-state index in [1.165, 1.54) is 24.5 Å². The van der Waals surface area contributed by atoms with Gasteiger partial charge in [-0.25, -0.2) is 8.42 Å². The van der Waals surface area contributed by atoms with Gasteiger partial charge < -0.3 is 4.74 Å². The lowest BCUT2D eigenvalue weighted by atomic mass is 10.2. The van der Waals surface area contributed by atoms with E-state index in [4.69, 9.17) is 16.3 Å². The highest BCUT2D eigenvalue weighted by atomic mass is 35.5. The highest BCUT2D eigenvalue weighted by Crippen LogP contribution is 2.35. The van der Waals surface area contributed by atoms with Gasteiger partial charge in [-0.2, -0.15) is 0 Å². The molecule has 0 radical (unpaired) electrons. The third-order valence-electron chi connectivity index (χ3n) is 4.66. The van der Waals surface area contributed by atoms with Crippen molar-refractivity contribution < 1.29 is 17.9 Å². The van der Waals surface area contributed by atoms with Gasteiger partial charge in [0, 0.05) is 10.6 Å². The van der Waals surface area contributed by atoms with E-state index in [1.54, 1.807) is 19.1 Å². The molecule has 3 rings (SSSR count). The smallest absolute Gasteiger partial charge is 0.250 e. The summed E-state index contributed by atoms with van der Waals surface area (Å²) in [6.45, 7) is 3.71. The van der Waals surface area contributed by atoms with Crippen LogP contribution in [0.25, 0.3) is 10.6 Å². The minimum absolute atomic E-state index is 0.183. The van der Waals surface area contributed by atoms with Gasteiger partial charge in [-0.3, -0.25) is 14.4 Å². The van der Waals surface area contributed by atoms with Crippen LogP contribution in [0.15, 0.2) is 42.5 Å². The zero-order valence-electron chi connectivity index (χ0n) is 18.0. The molecule has 0 saturated carbocycles. The van der Waals surface area contributed by atoms with Crippen molar-refractivity contribution in [2.75, 3.05) is 23.0 Å². The lowest BCUT2D eigenvalue weighted by Gasteiger charge is -2.30. The molecule has 0 aliphatic heterocycles. The molecule has 3 aromatic rings. The van der Waals surface area contributed by atoms with Crippen LogP contribution in [0.1, 0.15) is 18.9 Å². The normalized spacial score (nSPS) is 12.3. The van der Waals surface area contributed by atoms with Gasteiger partial charge in [-0.15, -0.1) is 10.2 Å². The summed E-state index contributed by atoms with van der Waals surface area (Å²) in [5.41, 5.74) is 2.18. The lowest BCUT2D eigenvalue weighted by Crippen LogP contribution is -2.47. The standard InChI is InChI=1S/C21H23ClN4O4S2/c1-5-16(26(32(4,28)29)17-12-15(22)10-11-18(17)30-3)19(27)23-21-25-24-20(31-21)14-8-6-13(2)7-9-14/h6-12,16H,5H2,1-4H3,(H,23,25,27). The lowest BCUT2D eigenvalue weighted by molar-refractivity contribution is -0.117. The van der Waals surface area contributed by atoms with Crippen LogP contribution in [-0.4, -0.2) is 43.9 Å². The number of nitrogens with zero attached hydrogens (tertiary/aromatic N) is 3. The molecule has 0 spiro atoms. The van der Waals surface area contributed by atoms with Crippen LogP contribution < -0.4 is 14.4 Å². The molecule has 1 amide bonds. The molecule has 1 unspecified atom stereocenters. The first-order valence-electron chi connectivity index (χ1n) is 9.68. The average Bonchev–Trinajstić information content (AvgIpc) is 3.19. The van der Waals surface area contributed by atoms with Crippen LogP contribution in [0.4, 0.5) is 10.8 Å². The summed E-state index contributed by atoms with van der Waals surface area (Å²) in [5, 5.41) is 12.1. The van der Waals surface area contributed by atoms with Crippen molar-refractivity contribution in [3.8, 4) is 16.3 Å². The molecule has 0 saturated heterocycles. The fraction of sp³-hybridized carbons (Fsp3) is 0.286. The first-order chi connectivity index (χ1) is 15.1. The van der Waals surface area contributed by atoms with E-state index in [-0.39, 0.29) is 23.0 Å². The van der Waals surface area contributed by atoms with Gasteiger partial charge in [0.25, 0.3) is 0 Å². The molecule has 170 valence electrons. The second-order valence-corrected chi connectivity index (χ2v) is 10.3. The Balaban J connectivity index is 1.91. The van der Waals surface area contributed by atoms with Crippen molar-refractivity contribution in [3.05, 3.63) is 53.1 Å². The second kappa shape index (κ2) is 9.85. The van der Waals surface area contributed by atoms with Crippen LogP contribution in [0.5, 0.6) is 5.75 Å². The van der Waals surface area contributed by atoms with E-state index in [0.29, 0.717) is 10.0 Å². The van der Waals surface area contributed by atoms with Crippen molar-refractivity contribution in [1.29, 1.82) is 0 Å². The fourth-order valence-electron chi connectivity index (χ4n) is 3.15. The number of nitrogens with one attached hydrogen (secondary N) is 1. The average molecular weight is 495 g/mol. The van der Waals surface area contributed by atoms with E-state index < -0.39 is 22.0 Å². The Morgan fingerprint density at radius 3 is 2.50 bits per heavy atom. The number of anilines is 2. The molecule has 0 aliphatic rings. The first kappa shape index (κ1) is 24.0. The van der Waals surface area contributed by atoms with Crippen LogP contribution in [0, 0.1) is 6.92 Å². The third kappa shape index (κ3) is 5.37. The van der Waals surface area contributed by atoms with Crippen molar-refractivity contribution in [3.63, 3.8) is 0 Å². The predicted molar refractivity (Wildman–Crippen MR) is 128 cm³/mol. The van der Waals surface area contributed by atoms with E-state index in [9.17, 15) is 13.2 Å². The molecule has 11 heteroatoms. The van der Waals surface area contributed by atoms with Crippen LogP contribution in [0.3, 0.4) is 0 Å². The molecule has 1 atom stereocenters. The number of methoxy groups -OCH3 is 1. The predicted octanol–water partition coefficient (Wildman–Crippen LogP) is 4.36. The zero-order chi connectivity index (χ0) is 23.5. The topological polar surface area (TPSA) is 101 Å². The number of sulfonamides is 1. The van der Waals surface area contributed by atoms with Gasteiger partial charge in [0.1, 0.15) is 16.8 Å².